The van der Waals surface area contributed by atoms with Gasteiger partial charge in [0.1, 0.15) is 10.4 Å². The molecule has 2 aromatic carbocycles. The van der Waals surface area contributed by atoms with E-state index >= 15 is 0 Å². The van der Waals surface area contributed by atoms with E-state index in [1.165, 1.54) is 0 Å². The number of benzene rings is 2. The van der Waals surface area contributed by atoms with Crippen LogP contribution in [-0.2, 0) is 22.1 Å². The minimum Gasteiger partial charge on any atom is -0.320 e. The van der Waals surface area contributed by atoms with Crippen LogP contribution in [0.5, 0.6) is 0 Å². The van der Waals surface area contributed by atoms with Crippen molar-refractivity contribution in [3.05, 3.63) is 64.5 Å². The van der Waals surface area contributed by atoms with Gasteiger partial charge in [0, 0.05) is 18.5 Å². The quantitative estimate of drug-likeness (QED) is 0.277. The van der Waals surface area contributed by atoms with E-state index in [-0.39, 0.29) is 12.0 Å². The molecule has 0 saturated carbocycles. The molecule has 2 heterocycles. The minimum atomic E-state index is -4.03. The van der Waals surface area contributed by atoms with Crippen LogP contribution in [0.25, 0.3) is 22.5 Å². The van der Waals surface area contributed by atoms with E-state index in [1.807, 2.05) is 48.5 Å². The number of imidazole rings is 1. The Hall–Kier alpha value is -2.65. The molecule has 0 aliphatic carbocycles. The number of aryl methyl sites for hydroxylation is 1. The molecule has 1 unspecified atom stereocenters. The van der Waals surface area contributed by atoms with E-state index in [0.717, 1.165) is 40.9 Å². The lowest BCUT2D eigenvalue weighted by molar-refractivity contribution is 0.282. The fourth-order valence-corrected chi connectivity index (χ4v) is 6.17. The Morgan fingerprint density at radius 2 is 1.85 bits per heavy atom. The number of rotatable bonds is 10. The Morgan fingerprint density at radius 1 is 1.12 bits per heavy atom. The number of H-pyrrole nitrogens is 1. The average Bonchev–Trinajstić information content (AvgIpc) is 3.46. The lowest BCUT2D eigenvalue weighted by atomic mass is 9.98. The zero-order valence-corrected chi connectivity index (χ0v) is 21.5. The Bertz CT molecular complexity index is 1290. The van der Waals surface area contributed by atoms with Crippen molar-refractivity contribution in [2.75, 3.05) is 6.61 Å². The highest BCUT2D eigenvalue weighted by Crippen LogP contribution is 2.43. The number of tetrazole rings is 1. The second kappa shape index (κ2) is 10.7. The minimum absolute atomic E-state index is 0.129. The van der Waals surface area contributed by atoms with Crippen molar-refractivity contribution >= 4 is 29.0 Å². The summed E-state index contributed by atoms with van der Waals surface area (Å²) in [4.78, 5) is 15.1. The molecule has 0 saturated heterocycles. The van der Waals surface area contributed by atoms with Crippen LogP contribution >= 0.6 is 23.5 Å². The summed E-state index contributed by atoms with van der Waals surface area (Å²) in [7, 11) is -4.03. The number of hydrogen-bond acceptors (Lipinski definition) is 6. The fraction of sp³-hybridized carbons (Fsp3) is 0.304. The first-order valence-corrected chi connectivity index (χ1v) is 13.5. The molecule has 0 radical (unpaired) electrons. The molecule has 0 aliphatic rings. The summed E-state index contributed by atoms with van der Waals surface area (Å²) in [5.41, 5.74) is 4.03. The Kier molecular flexibility index (Phi) is 7.73. The van der Waals surface area contributed by atoms with Crippen molar-refractivity contribution in [3.8, 4) is 22.5 Å². The summed E-state index contributed by atoms with van der Waals surface area (Å²) in [6.07, 6.45) is 2.63. The largest absolute Gasteiger partial charge is 0.377 e. The third kappa shape index (κ3) is 5.20. The van der Waals surface area contributed by atoms with Gasteiger partial charge in [-0.05, 0) is 51.2 Å². The highest BCUT2D eigenvalue weighted by molar-refractivity contribution is 9.10. The lowest BCUT2D eigenvalue weighted by Gasteiger charge is -2.16. The van der Waals surface area contributed by atoms with Gasteiger partial charge in [-0.2, -0.15) is 5.21 Å². The maximum Gasteiger partial charge on any atom is 0.377 e. The van der Waals surface area contributed by atoms with E-state index < -0.39 is 7.60 Å². The van der Waals surface area contributed by atoms with Crippen molar-refractivity contribution in [1.82, 2.24) is 30.2 Å². The third-order valence-electron chi connectivity index (χ3n) is 5.42. The normalized spacial score (nSPS) is 13.2. The van der Waals surface area contributed by atoms with E-state index in [2.05, 4.69) is 48.5 Å². The second-order valence-corrected chi connectivity index (χ2v) is 10.2. The molecule has 1 atom stereocenters. The monoisotopic (exact) mass is 544 g/mol. The van der Waals surface area contributed by atoms with Crippen molar-refractivity contribution in [1.29, 1.82) is 0 Å². The molecule has 9 nitrogen and oxygen atoms in total. The molecule has 4 rings (SSSR count). The molecule has 0 bridgehead atoms. The molecule has 2 aromatic heterocycles. The number of aromatic amines is 1. The van der Waals surface area contributed by atoms with E-state index in [0.29, 0.717) is 23.4 Å². The summed E-state index contributed by atoms with van der Waals surface area (Å²) < 4.78 is 20.3. The number of halogens is 1. The van der Waals surface area contributed by atoms with Crippen LogP contribution in [0.2, 0.25) is 0 Å². The maximum absolute atomic E-state index is 12.9. The molecule has 0 spiro atoms. The van der Waals surface area contributed by atoms with Crippen LogP contribution in [0.1, 0.15) is 38.1 Å². The third-order valence-corrected chi connectivity index (χ3v) is 7.88. The summed E-state index contributed by atoms with van der Waals surface area (Å²) in [6.45, 7) is 4.33. The SMILES string of the molecule is CCCCc1nc(Br)c(P(=O)(O)OCC)n1Cc1ccc(-c2ccccc2-c2nn[nH]n2)cc1. The highest BCUT2D eigenvalue weighted by atomic mass is 79.9. The second-order valence-electron chi connectivity index (χ2n) is 7.75. The van der Waals surface area contributed by atoms with Gasteiger partial charge in [-0.1, -0.05) is 61.9 Å². The highest BCUT2D eigenvalue weighted by Gasteiger charge is 2.32. The molecule has 178 valence electrons. The molecule has 11 heteroatoms. The molecule has 2 N–H and O–H groups in total. The van der Waals surface area contributed by atoms with Crippen molar-refractivity contribution in [3.63, 3.8) is 0 Å². The maximum atomic E-state index is 12.9. The first kappa shape index (κ1) is 24.5. The number of nitrogens with zero attached hydrogens (tertiary/aromatic N) is 5. The molecular weight excluding hydrogens is 519 g/mol. The topological polar surface area (TPSA) is 119 Å². The van der Waals surface area contributed by atoms with Gasteiger partial charge in [0.05, 0.1) is 6.61 Å². The Labute approximate surface area is 206 Å². The standard InChI is InChI=1S/C23H26BrN6O3P/c1-3-5-10-20-25-21(24)23(34(31,32)33-4-2)30(20)15-16-11-13-17(14-12-16)18-8-6-7-9-19(18)22-26-28-29-27-22/h6-9,11-14H,3-5,10,15H2,1-2H3,(H,31,32)(H,26,27,28,29). The van der Waals surface area contributed by atoms with E-state index in [1.54, 1.807) is 11.5 Å². The summed E-state index contributed by atoms with van der Waals surface area (Å²) in [6, 6.07) is 15.9. The molecule has 0 aliphatic heterocycles. The number of nitrogens with one attached hydrogen (secondary N) is 1. The van der Waals surface area contributed by atoms with Crippen LogP contribution < -0.4 is 5.44 Å². The number of unbranched alkanes of at least 4 members (excludes halogenated alkanes) is 1. The van der Waals surface area contributed by atoms with Gasteiger partial charge in [-0.15, -0.1) is 10.2 Å². The van der Waals surface area contributed by atoms with Crippen LogP contribution in [-0.4, -0.2) is 41.7 Å². The van der Waals surface area contributed by atoms with Gasteiger partial charge in [0.25, 0.3) is 0 Å². The first-order chi connectivity index (χ1) is 16.4. The number of aromatic nitrogens is 6. The van der Waals surface area contributed by atoms with Gasteiger partial charge in [0.2, 0.25) is 5.82 Å². The molecule has 0 fully saturated rings. The van der Waals surface area contributed by atoms with Crippen LogP contribution in [0.4, 0.5) is 0 Å². The smallest absolute Gasteiger partial charge is 0.320 e. The molecule has 4 aromatic rings. The first-order valence-electron chi connectivity index (χ1n) is 11.1. The van der Waals surface area contributed by atoms with E-state index in [4.69, 9.17) is 4.52 Å². The van der Waals surface area contributed by atoms with Gasteiger partial charge in [-0.3, -0.25) is 4.57 Å². The van der Waals surface area contributed by atoms with Crippen molar-refractivity contribution < 1.29 is 14.0 Å². The zero-order chi connectivity index (χ0) is 24.1. The molecule has 34 heavy (non-hydrogen) atoms. The van der Waals surface area contributed by atoms with Crippen molar-refractivity contribution in [2.24, 2.45) is 0 Å². The lowest BCUT2D eigenvalue weighted by Crippen LogP contribution is -2.22. The van der Waals surface area contributed by atoms with Gasteiger partial charge >= 0.3 is 7.60 Å². The zero-order valence-electron chi connectivity index (χ0n) is 19.0. The molecule has 0 amide bonds. The van der Waals surface area contributed by atoms with Gasteiger partial charge in [-0.25, -0.2) is 4.98 Å². The van der Waals surface area contributed by atoms with Gasteiger partial charge in [0.15, 0.2) is 5.44 Å². The average molecular weight is 545 g/mol. The summed E-state index contributed by atoms with van der Waals surface area (Å²) >= 11 is 3.38. The summed E-state index contributed by atoms with van der Waals surface area (Å²) in [5.74, 6) is 1.28. The Balaban J connectivity index is 1.68. The predicted molar refractivity (Wildman–Crippen MR) is 134 cm³/mol. The fourth-order valence-electron chi connectivity index (χ4n) is 3.83. The van der Waals surface area contributed by atoms with Crippen molar-refractivity contribution in [2.45, 2.75) is 39.7 Å². The van der Waals surface area contributed by atoms with E-state index in [9.17, 15) is 9.46 Å². The number of hydrogen-bond donors (Lipinski definition) is 2. The Morgan fingerprint density at radius 3 is 2.50 bits per heavy atom. The van der Waals surface area contributed by atoms with Crippen LogP contribution in [0.3, 0.4) is 0 Å². The predicted octanol–water partition coefficient (Wildman–Crippen LogP) is 4.73. The summed E-state index contributed by atoms with van der Waals surface area (Å²) in [5, 5.41) is 14.4. The van der Waals surface area contributed by atoms with Gasteiger partial charge < -0.3 is 14.0 Å². The van der Waals surface area contributed by atoms with Crippen LogP contribution in [0.15, 0.2) is 53.1 Å². The molecular formula is C23H26BrN6O3P. The van der Waals surface area contributed by atoms with Crippen LogP contribution in [0, 0.1) is 0 Å².